The smallest absolute Gasteiger partial charge is 0.206 e. The van der Waals surface area contributed by atoms with Gasteiger partial charge in [0.05, 0.1) is 12.2 Å². The van der Waals surface area contributed by atoms with E-state index in [2.05, 4.69) is 104 Å². The highest BCUT2D eigenvalue weighted by molar-refractivity contribution is 9.10. The maximum atomic E-state index is 4.85. The van der Waals surface area contributed by atoms with Crippen LogP contribution in [0.15, 0.2) is 41.0 Å². The summed E-state index contributed by atoms with van der Waals surface area (Å²) in [6, 6.07) is 12.8. The van der Waals surface area contributed by atoms with E-state index in [4.69, 9.17) is 9.97 Å². The molecule has 0 saturated heterocycles. The molecular formula is C24H25BrN8. The first-order valence-electron chi connectivity index (χ1n) is 11.1. The first-order chi connectivity index (χ1) is 16.0. The van der Waals surface area contributed by atoms with Crippen LogP contribution in [0.1, 0.15) is 36.5 Å². The van der Waals surface area contributed by atoms with E-state index in [1.165, 1.54) is 11.3 Å². The number of tetrazole rings is 1. The van der Waals surface area contributed by atoms with E-state index in [0.29, 0.717) is 12.4 Å². The van der Waals surface area contributed by atoms with Gasteiger partial charge in [-0.2, -0.15) is 5.21 Å². The second-order valence-corrected chi connectivity index (χ2v) is 8.94. The molecule has 5 aromatic rings. The number of imidazole rings is 1. The average Bonchev–Trinajstić information content (AvgIpc) is 3.52. The molecule has 5 rings (SSSR count). The van der Waals surface area contributed by atoms with E-state index < -0.39 is 0 Å². The Bertz CT molecular complexity index is 1430. The predicted octanol–water partition coefficient (Wildman–Crippen LogP) is 5.09. The molecule has 0 fully saturated rings. The van der Waals surface area contributed by atoms with Crippen LogP contribution < -0.4 is 0 Å². The van der Waals surface area contributed by atoms with Gasteiger partial charge in [-0.15, -0.1) is 10.2 Å². The van der Waals surface area contributed by atoms with Gasteiger partial charge in [-0.3, -0.25) is 0 Å². The van der Waals surface area contributed by atoms with Crippen molar-refractivity contribution in [2.45, 2.75) is 47.2 Å². The number of benzene rings is 1. The van der Waals surface area contributed by atoms with Crippen molar-refractivity contribution in [3.63, 3.8) is 0 Å². The monoisotopic (exact) mass is 504 g/mol. The number of H-pyrrole nitrogens is 1. The van der Waals surface area contributed by atoms with Crippen LogP contribution >= 0.6 is 15.9 Å². The lowest BCUT2D eigenvalue weighted by molar-refractivity contribution is 0.744. The van der Waals surface area contributed by atoms with Gasteiger partial charge in [-0.1, -0.05) is 31.2 Å². The maximum Gasteiger partial charge on any atom is 0.206 e. The number of halogens is 1. The molecule has 8 nitrogen and oxygen atoms in total. The minimum atomic E-state index is 0.605. The van der Waals surface area contributed by atoms with Gasteiger partial charge in [0.1, 0.15) is 15.9 Å². The highest BCUT2D eigenvalue weighted by atomic mass is 79.9. The fourth-order valence-electron chi connectivity index (χ4n) is 4.48. The van der Waals surface area contributed by atoms with Gasteiger partial charge in [0, 0.05) is 24.2 Å². The zero-order chi connectivity index (χ0) is 23.1. The van der Waals surface area contributed by atoms with Crippen molar-refractivity contribution < 1.29 is 0 Å². The second kappa shape index (κ2) is 8.55. The molecule has 4 heterocycles. The van der Waals surface area contributed by atoms with Crippen molar-refractivity contribution in [1.82, 2.24) is 39.7 Å². The molecule has 1 N–H and O–H groups in total. The van der Waals surface area contributed by atoms with Crippen molar-refractivity contribution in [3.8, 4) is 22.6 Å². The van der Waals surface area contributed by atoms with E-state index in [1.807, 2.05) is 6.07 Å². The third kappa shape index (κ3) is 3.76. The number of aromatic nitrogens is 8. The molecule has 0 unspecified atom stereocenters. The van der Waals surface area contributed by atoms with Crippen molar-refractivity contribution in [3.05, 3.63) is 63.6 Å². The molecule has 4 aromatic heterocycles. The van der Waals surface area contributed by atoms with Crippen LogP contribution in [0.25, 0.3) is 33.8 Å². The van der Waals surface area contributed by atoms with Gasteiger partial charge >= 0.3 is 0 Å². The Labute approximate surface area is 200 Å². The molecule has 0 aliphatic carbocycles. The number of fused-ring (bicyclic) bond motifs is 1. The first kappa shape index (κ1) is 21.5. The highest BCUT2D eigenvalue weighted by Crippen LogP contribution is 2.33. The number of hydrogen-bond acceptors (Lipinski definition) is 5. The Morgan fingerprint density at radius 2 is 1.79 bits per heavy atom. The summed E-state index contributed by atoms with van der Waals surface area (Å²) in [5, 5.41) is 14.7. The summed E-state index contributed by atoms with van der Waals surface area (Å²) >= 11 is 3.54. The Morgan fingerprint density at radius 1 is 1.00 bits per heavy atom. The van der Waals surface area contributed by atoms with Gasteiger partial charge in [-0.05, 0) is 70.7 Å². The summed E-state index contributed by atoms with van der Waals surface area (Å²) < 4.78 is 5.33. The fourth-order valence-corrected chi connectivity index (χ4v) is 4.99. The van der Waals surface area contributed by atoms with E-state index in [-0.39, 0.29) is 0 Å². The van der Waals surface area contributed by atoms with Crippen LogP contribution in [0.4, 0.5) is 0 Å². The highest BCUT2D eigenvalue weighted by Gasteiger charge is 2.19. The van der Waals surface area contributed by atoms with Gasteiger partial charge in [-0.25, -0.2) is 9.97 Å². The van der Waals surface area contributed by atoms with Crippen molar-refractivity contribution >= 4 is 27.1 Å². The van der Waals surface area contributed by atoms with Crippen LogP contribution in [0.5, 0.6) is 0 Å². The van der Waals surface area contributed by atoms with E-state index in [1.54, 1.807) is 0 Å². The Hall–Kier alpha value is -3.33. The number of pyridine rings is 1. The normalized spacial score (nSPS) is 11.5. The molecule has 0 spiro atoms. The van der Waals surface area contributed by atoms with Crippen LogP contribution in [-0.2, 0) is 19.5 Å². The molecular weight excluding hydrogens is 480 g/mol. The lowest BCUT2D eigenvalue weighted by Crippen LogP contribution is -2.05. The van der Waals surface area contributed by atoms with E-state index in [9.17, 15) is 0 Å². The molecule has 0 bridgehead atoms. The maximum absolute atomic E-state index is 4.85. The fraction of sp³-hybridized carbons (Fsp3) is 0.292. The van der Waals surface area contributed by atoms with Crippen LogP contribution in [0.2, 0.25) is 0 Å². The molecule has 33 heavy (non-hydrogen) atoms. The van der Waals surface area contributed by atoms with Crippen LogP contribution in [0, 0.1) is 13.8 Å². The standard InChI is InChI=1S/C24H25BrN8/c1-5-20-27-21-14(3)11-19(25)26-24(21)33(20)13-16-7-9-17(10-8-16)22-18(23-28-30-31-29-23)12-15(4)32(22)6-2/h7-12H,5-6,13H2,1-4H3,(H,28,29,30,31). The quantitative estimate of drug-likeness (QED) is 0.325. The Balaban J connectivity index is 1.54. The summed E-state index contributed by atoms with van der Waals surface area (Å²) in [4.78, 5) is 9.58. The molecule has 0 radical (unpaired) electrons. The van der Waals surface area contributed by atoms with Gasteiger partial charge in [0.15, 0.2) is 5.65 Å². The molecule has 0 amide bonds. The van der Waals surface area contributed by atoms with Crippen molar-refractivity contribution in [2.75, 3.05) is 0 Å². The van der Waals surface area contributed by atoms with E-state index >= 15 is 0 Å². The molecule has 1 aromatic carbocycles. The zero-order valence-corrected chi connectivity index (χ0v) is 20.7. The number of nitrogens with zero attached hydrogens (tertiary/aromatic N) is 7. The zero-order valence-electron chi connectivity index (χ0n) is 19.1. The Kier molecular flexibility index (Phi) is 5.57. The first-order valence-corrected chi connectivity index (χ1v) is 11.8. The van der Waals surface area contributed by atoms with E-state index in [0.717, 1.165) is 56.9 Å². The molecule has 9 heteroatoms. The molecule has 0 aliphatic heterocycles. The number of hydrogen-bond donors (Lipinski definition) is 1. The third-order valence-corrected chi connectivity index (χ3v) is 6.44. The van der Waals surface area contributed by atoms with Crippen LogP contribution in [0.3, 0.4) is 0 Å². The lowest BCUT2D eigenvalue weighted by Gasteiger charge is -2.12. The summed E-state index contributed by atoms with van der Waals surface area (Å²) in [6.07, 6.45) is 0.850. The Morgan fingerprint density at radius 3 is 2.45 bits per heavy atom. The second-order valence-electron chi connectivity index (χ2n) is 8.13. The molecule has 0 atom stereocenters. The number of nitrogens with one attached hydrogen (secondary N) is 1. The topological polar surface area (TPSA) is 90.1 Å². The minimum Gasteiger partial charge on any atom is -0.345 e. The molecule has 168 valence electrons. The summed E-state index contributed by atoms with van der Waals surface area (Å²) in [5.41, 5.74) is 8.57. The average molecular weight is 505 g/mol. The van der Waals surface area contributed by atoms with Gasteiger partial charge < -0.3 is 9.13 Å². The summed E-state index contributed by atoms with van der Waals surface area (Å²) in [6.45, 7) is 10.0. The SMILES string of the molecule is CCc1nc2c(C)cc(Br)nc2n1Cc1ccc(-c2c(-c3nn[nH]n3)cc(C)n2CC)cc1. The number of rotatable bonds is 6. The van der Waals surface area contributed by atoms with Gasteiger partial charge in [0.25, 0.3) is 0 Å². The largest absolute Gasteiger partial charge is 0.345 e. The van der Waals surface area contributed by atoms with Crippen LogP contribution in [-0.4, -0.2) is 39.7 Å². The third-order valence-electron chi connectivity index (χ3n) is 6.03. The van der Waals surface area contributed by atoms with Crippen molar-refractivity contribution in [2.24, 2.45) is 0 Å². The molecule has 0 aliphatic rings. The lowest BCUT2D eigenvalue weighted by atomic mass is 10.0. The number of aromatic amines is 1. The number of aryl methyl sites for hydroxylation is 3. The van der Waals surface area contributed by atoms with Gasteiger partial charge in [0.2, 0.25) is 5.82 Å². The predicted molar refractivity (Wildman–Crippen MR) is 132 cm³/mol. The molecule has 0 saturated carbocycles. The summed E-state index contributed by atoms with van der Waals surface area (Å²) in [5.74, 6) is 1.64. The minimum absolute atomic E-state index is 0.605. The van der Waals surface area contributed by atoms with Crippen molar-refractivity contribution in [1.29, 1.82) is 0 Å². The summed E-state index contributed by atoms with van der Waals surface area (Å²) in [7, 11) is 0.